The van der Waals surface area contributed by atoms with Crippen LogP contribution in [0.1, 0.15) is 41.4 Å². The van der Waals surface area contributed by atoms with Crippen molar-refractivity contribution >= 4 is 117 Å². The molecular weight excluding hydrogens is 583 g/mol. The van der Waals surface area contributed by atoms with Crippen LogP contribution >= 0.6 is 0 Å². The number of rotatable bonds is 2. The second-order valence-corrected chi connectivity index (χ2v) is 10.8. The van der Waals surface area contributed by atoms with E-state index in [0.717, 1.165) is 12.1 Å². The maximum absolute atomic E-state index is 11.6. The molecule has 0 atom stereocenters. The van der Waals surface area contributed by atoms with Crippen LogP contribution in [0, 0.1) is 0 Å². The van der Waals surface area contributed by atoms with E-state index in [-0.39, 0.29) is 105 Å². The molecule has 0 fully saturated rings. The standard InChI is InChI=1S/2C12H6O6S.K/c2*13-11-7-3-1-2-6-9(19(15,16)17)5-4-8(10(6)7)12(14)18-11;/h2*1-5H,(H,15,16,17);. The Labute approximate surface area is 261 Å². The van der Waals surface area contributed by atoms with Crippen molar-refractivity contribution < 1.29 is 54.6 Å². The smallest absolute Gasteiger partial charge is 0.346 e. The molecule has 2 aliphatic heterocycles. The van der Waals surface area contributed by atoms with Crippen molar-refractivity contribution in [1.29, 1.82) is 0 Å². The normalized spacial score (nSPS) is 14.2. The number of hydrogen-bond acceptors (Lipinski definition) is 10. The average Bonchev–Trinajstić information content (AvgIpc) is 2.84. The fraction of sp³-hybridized carbons (Fsp3) is 0. The quantitative estimate of drug-likeness (QED) is 0.149. The first kappa shape index (κ1) is 29.1. The Balaban J connectivity index is 0.000000176. The SMILES string of the molecule is O=C1OC(=O)c2ccc(S(=O)(=O)O)c3cccc1c23.O=C1OC(=O)c2ccc(S(=O)(=O)O)c3cccc1c23.[K]. The molecule has 0 saturated heterocycles. The van der Waals surface area contributed by atoms with Gasteiger partial charge in [-0.3, -0.25) is 9.11 Å². The molecular formula is C24H12KO12S2. The Bertz CT molecular complexity index is 1810. The van der Waals surface area contributed by atoms with Gasteiger partial charge >= 0.3 is 23.9 Å². The molecule has 0 saturated carbocycles. The molecule has 0 unspecified atom stereocenters. The van der Waals surface area contributed by atoms with Crippen molar-refractivity contribution in [2.75, 3.05) is 0 Å². The van der Waals surface area contributed by atoms with Gasteiger partial charge in [0.15, 0.2) is 0 Å². The summed E-state index contributed by atoms with van der Waals surface area (Å²) in [5.41, 5.74) is 0.380. The summed E-state index contributed by atoms with van der Waals surface area (Å²) in [7, 11) is -8.89. The van der Waals surface area contributed by atoms with Crippen LogP contribution in [0.4, 0.5) is 0 Å². The van der Waals surface area contributed by atoms with E-state index in [4.69, 9.17) is 9.11 Å². The van der Waals surface area contributed by atoms with Gasteiger partial charge in [-0.2, -0.15) is 16.8 Å². The number of benzene rings is 4. The summed E-state index contributed by atoms with van der Waals surface area (Å²) in [6.45, 7) is 0. The van der Waals surface area contributed by atoms with Crippen LogP contribution in [-0.4, -0.2) is 101 Å². The minimum Gasteiger partial charge on any atom is -0.386 e. The van der Waals surface area contributed by atoms with Gasteiger partial charge in [0.05, 0.1) is 22.3 Å². The topological polar surface area (TPSA) is 195 Å². The van der Waals surface area contributed by atoms with E-state index in [2.05, 4.69) is 9.47 Å². The molecule has 6 rings (SSSR count). The molecule has 39 heavy (non-hydrogen) atoms. The van der Waals surface area contributed by atoms with E-state index < -0.39 is 44.1 Å². The van der Waals surface area contributed by atoms with Gasteiger partial charge in [-0.1, -0.05) is 24.3 Å². The number of carbonyl (C=O) groups is 4. The molecule has 0 bridgehead atoms. The summed E-state index contributed by atoms with van der Waals surface area (Å²) in [6.07, 6.45) is 0. The molecule has 4 aromatic carbocycles. The van der Waals surface area contributed by atoms with Crippen LogP contribution in [0.15, 0.2) is 70.5 Å². The van der Waals surface area contributed by atoms with Gasteiger partial charge < -0.3 is 9.47 Å². The van der Waals surface area contributed by atoms with Crippen LogP contribution in [0.5, 0.6) is 0 Å². The van der Waals surface area contributed by atoms with Crippen molar-refractivity contribution in [2.45, 2.75) is 9.79 Å². The zero-order chi connectivity index (χ0) is 27.6. The fourth-order valence-electron chi connectivity index (χ4n) is 4.28. The zero-order valence-electron chi connectivity index (χ0n) is 19.6. The first-order valence-electron chi connectivity index (χ1n) is 10.4. The van der Waals surface area contributed by atoms with Crippen molar-refractivity contribution in [3.05, 3.63) is 82.9 Å². The first-order chi connectivity index (χ1) is 17.8. The van der Waals surface area contributed by atoms with Crippen LogP contribution in [0.2, 0.25) is 0 Å². The maximum atomic E-state index is 11.6. The largest absolute Gasteiger partial charge is 0.386 e. The first-order valence-corrected chi connectivity index (χ1v) is 13.3. The second-order valence-electron chi connectivity index (χ2n) is 7.98. The van der Waals surface area contributed by atoms with Crippen molar-refractivity contribution in [2.24, 2.45) is 0 Å². The molecule has 2 heterocycles. The van der Waals surface area contributed by atoms with Crippen LogP contribution in [-0.2, 0) is 29.7 Å². The summed E-state index contributed by atoms with van der Waals surface area (Å²) in [6, 6.07) is 13.2. The molecule has 193 valence electrons. The molecule has 1 radical (unpaired) electrons. The third-order valence-corrected chi connectivity index (χ3v) is 7.63. The second kappa shape index (κ2) is 10.3. The molecule has 2 N–H and O–H groups in total. The van der Waals surface area contributed by atoms with Gasteiger partial charge in [0.1, 0.15) is 9.79 Å². The minimum atomic E-state index is -4.45. The molecule has 15 heteroatoms. The van der Waals surface area contributed by atoms with Gasteiger partial charge in [-0.15, -0.1) is 0 Å². The summed E-state index contributed by atoms with van der Waals surface area (Å²) in [5, 5.41) is 0.586. The van der Waals surface area contributed by atoms with E-state index in [1.54, 1.807) is 0 Å². The van der Waals surface area contributed by atoms with E-state index in [1.807, 2.05) is 0 Å². The third-order valence-electron chi connectivity index (χ3n) is 5.81. The molecule has 0 aromatic heterocycles. The van der Waals surface area contributed by atoms with E-state index in [1.165, 1.54) is 48.5 Å². The Kier molecular flexibility index (Phi) is 7.67. The number of esters is 4. The molecule has 0 amide bonds. The molecule has 4 aromatic rings. The van der Waals surface area contributed by atoms with Crippen molar-refractivity contribution in [1.82, 2.24) is 0 Å². The van der Waals surface area contributed by atoms with E-state index in [0.29, 0.717) is 0 Å². The third kappa shape index (κ3) is 5.08. The number of hydrogen-bond donors (Lipinski definition) is 2. The van der Waals surface area contributed by atoms with Gasteiger partial charge in [-0.05, 0) is 36.4 Å². The zero-order valence-corrected chi connectivity index (χ0v) is 24.3. The summed E-state index contributed by atoms with van der Waals surface area (Å²) >= 11 is 0. The molecule has 2 aliphatic rings. The maximum Gasteiger partial charge on any atom is 0.346 e. The Morgan fingerprint density at radius 1 is 0.487 bits per heavy atom. The molecule has 0 aliphatic carbocycles. The van der Waals surface area contributed by atoms with E-state index in [9.17, 15) is 36.0 Å². The summed E-state index contributed by atoms with van der Waals surface area (Å²) in [5.74, 6) is -3.35. The molecule has 12 nitrogen and oxygen atoms in total. The monoisotopic (exact) mass is 595 g/mol. The van der Waals surface area contributed by atoms with Gasteiger partial charge in [0.25, 0.3) is 20.2 Å². The van der Waals surface area contributed by atoms with Crippen LogP contribution in [0.3, 0.4) is 0 Å². The Morgan fingerprint density at radius 2 is 0.795 bits per heavy atom. The van der Waals surface area contributed by atoms with Gasteiger partial charge in [0.2, 0.25) is 0 Å². The summed E-state index contributed by atoms with van der Waals surface area (Å²) in [4.78, 5) is 45.7. The van der Waals surface area contributed by atoms with E-state index >= 15 is 0 Å². The van der Waals surface area contributed by atoms with Crippen LogP contribution < -0.4 is 0 Å². The van der Waals surface area contributed by atoms with Crippen molar-refractivity contribution in [3.8, 4) is 0 Å². The van der Waals surface area contributed by atoms with Crippen LogP contribution in [0.25, 0.3) is 21.5 Å². The minimum absolute atomic E-state index is 0. The summed E-state index contributed by atoms with van der Waals surface area (Å²) < 4.78 is 72.6. The predicted octanol–water partition coefficient (Wildman–Crippen LogP) is 2.41. The Hall–Kier alpha value is -2.86. The van der Waals surface area contributed by atoms with Gasteiger partial charge in [0, 0.05) is 72.9 Å². The fourth-order valence-corrected chi connectivity index (χ4v) is 5.65. The molecule has 0 spiro atoms. The number of carbonyl (C=O) groups excluding carboxylic acids is 4. The number of ether oxygens (including phenoxy) is 2. The average molecular weight is 596 g/mol. The predicted molar refractivity (Wildman–Crippen MR) is 133 cm³/mol. The number of cyclic esters (lactones) is 4. The van der Waals surface area contributed by atoms with Gasteiger partial charge in [-0.25, -0.2) is 19.2 Å². The Morgan fingerprint density at radius 3 is 1.10 bits per heavy atom. The van der Waals surface area contributed by atoms with Crippen molar-refractivity contribution in [3.63, 3.8) is 0 Å².